The molecule has 0 bridgehead atoms. The summed E-state index contributed by atoms with van der Waals surface area (Å²) in [4.78, 5) is 2.37. The molecule has 112 valence electrons. The number of hydrogen-bond donors (Lipinski definition) is 1. The van der Waals surface area contributed by atoms with Crippen LogP contribution < -0.4 is 10.2 Å². The van der Waals surface area contributed by atoms with E-state index in [9.17, 15) is 0 Å². The Labute approximate surface area is 122 Å². The fourth-order valence-corrected chi connectivity index (χ4v) is 2.81. The first kappa shape index (κ1) is 15.3. The average Bonchev–Trinajstić information content (AvgIpc) is 2.89. The second-order valence-electron chi connectivity index (χ2n) is 5.34. The van der Waals surface area contributed by atoms with Gasteiger partial charge >= 0.3 is 0 Å². The number of rotatable bonds is 7. The summed E-state index contributed by atoms with van der Waals surface area (Å²) >= 11 is 0. The lowest BCUT2D eigenvalue weighted by Gasteiger charge is -2.30. The van der Waals surface area contributed by atoms with Crippen LogP contribution in [0.5, 0.6) is 0 Å². The molecule has 1 saturated heterocycles. The number of anilines is 1. The van der Waals surface area contributed by atoms with Gasteiger partial charge in [0.1, 0.15) is 0 Å². The van der Waals surface area contributed by atoms with E-state index in [1.165, 1.54) is 11.3 Å². The minimum Gasteiger partial charge on any atom is -0.383 e. The second kappa shape index (κ2) is 7.62. The monoisotopic (exact) mass is 278 g/mol. The molecule has 1 fully saturated rings. The van der Waals surface area contributed by atoms with E-state index in [0.29, 0.717) is 12.1 Å². The Balaban J connectivity index is 2.02. The van der Waals surface area contributed by atoms with E-state index in [1.807, 2.05) is 0 Å². The van der Waals surface area contributed by atoms with Crippen LogP contribution in [0.25, 0.3) is 0 Å². The van der Waals surface area contributed by atoms with Crippen LogP contribution in [0.3, 0.4) is 0 Å². The van der Waals surface area contributed by atoms with E-state index in [-0.39, 0.29) is 0 Å². The molecule has 4 nitrogen and oxygen atoms in total. The number of nitrogens with zero attached hydrogens (tertiary/aromatic N) is 1. The van der Waals surface area contributed by atoms with Gasteiger partial charge in [0.25, 0.3) is 0 Å². The predicted molar refractivity (Wildman–Crippen MR) is 82.2 cm³/mol. The van der Waals surface area contributed by atoms with Crippen molar-refractivity contribution in [1.29, 1.82) is 0 Å². The van der Waals surface area contributed by atoms with Crippen LogP contribution in [0.15, 0.2) is 24.3 Å². The average molecular weight is 278 g/mol. The first-order valence-corrected chi connectivity index (χ1v) is 7.36. The zero-order chi connectivity index (χ0) is 14.4. The fourth-order valence-electron chi connectivity index (χ4n) is 2.81. The highest BCUT2D eigenvalue weighted by molar-refractivity contribution is 5.54. The molecule has 1 aliphatic heterocycles. The Hall–Kier alpha value is -1.10. The maximum atomic E-state index is 5.69. The van der Waals surface area contributed by atoms with Crippen molar-refractivity contribution in [2.75, 3.05) is 38.8 Å². The molecular weight excluding hydrogens is 252 g/mol. The Bertz CT molecular complexity index is 411. The smallest absolute Gasteiger partial charge is 0.0750 e. The van der Waals surface area contributed by atoms with Gasteiger partial charge < -0.3 is 19.7 Å². The summed E-state index contributed by atoms with van der Waals surface area (Å²) in [6, 6.07) is 9.05. The van der Waals surface area contributed by atoms with E-state index in [1.54, 1.807) is 7.11 Å². The van der Waals surface area contributed by atoms with E-state index in [2.05, 4.69) is 48.5 Å². The van der Waals surface area contributed by atoms with Crippen molar-refractivity contribution in [3.8, 4) is 0 Å². The highest BCUT2D eigenvalue weighted by atomic mass is 16.5. The number of para-hydroxylation sites is 1. The van der Waals surface area contributed by atoms with Crippen LogP contribution >= 0.6 is 0 Å². The van der Waals surface area contributed by atoms with Crippen molar-refractivity contribution in [1.82, 2.24) is 5.32 Å². The van der Waals surface area contributed by atoms with E-state index >= 15 is 0 Å². The van der Waals surface area contributed by atoms with Gasteiger partial charge in [0.05, 0.1) is 18.8 Å². The Kier molecular flexibility index (Phi) is 5.83. The maximum absolute atomic E-state index is 5.69. The summed E-state index contributed by atoms with van der Waals surface area (Å²) in [6.45, 7) is 5.51. The largest absolute Gasteiger partial charge is 0.383 e. The van der Waals surface area contributed by atoms with E-state index < -0.39 is 0 Å². The van der Waals surface area contributed by atoms with Crippen LogP contribution in [-0.4, -0.2) is 46.1 Å². The number of likely N-dealkylation sites (N-methyl/N-ethyl adjacent to an activating group) is 1. The molecule has 2 rings (SSSR count). The molecule has 1 heterocycles. The van der Waals surface area contributed by atoms with Gasteiger partial charge in [-0.25, -0.2) is 0 Å². The normalized spacial score (nSPS) is 22.1. The Morgan fingerprint density at radius 2 is 2.20 bits per heavy atom. The molecule has 2 unspecified atom stereocenters. The van der Waals surface area contributed by atoms with E-state index in [4.69, 9.17) is 9.47 Å². The van der Waals surface area contributed by atoms with Gasteiger partial charge in [-0.1, -0.05) is 18.2 Å². The van der Waals surface area contributed by atoms with Crippen molar-refractivity contribution < 1.29 is 9.47 Å². The van der Waals surface area contributed by atoms with Crippen LogP contribution in [0.1, 0.15) is 18.9 Å². The van der Waals surface area contributed by atoms with Gasteiger partial charge in [-0.15, -0.1) is 0 Å². The van der Waals surface area contributed by atoms with Crippen molar-refractivity contribution in [3.05, 3.63) is 29.8 Å². The lowest BCUT2D eigenvalue weighted by Crippen LogP contribution is -2.37. The molecule has 1 N–H and O–H groups in total. The molecule has 1 aromatic rings. The quantitative estimate of drug-likeness (QED) is 0.774. The van der Waals surface area contributed by atoms with Crippen LogP contribution in [-0.2, 0) is 16.0 Å². The first-order chi connectivity index (χ1) is 9.74. The Morgan fingerprint density at radius 3 is 2.90 bits per heavy atom. The highest BCUT2D eigenvalue weighted by Crippen LogP contribution is 2.27. The molecule has 0 saturated carbocycles. The standard InChI is InChI=1S/C16H26N2O2/c1-13-15(8-10-20-13)18(2)16-7-5-4-6-14(16)12-17-9-11-19-3/h4-7,13,15,17H,8-12H2,1-3H3. The first-order valence-electron chi connectivity index (χ1n) is 7.36. The van der Waals surface area contributed by atoms with Crippen LogP contribution in [0.2, 0.25) is 0 Å². The van der Waals surface area contributed by atoms with Gasteiger partial charge in [-0.2, -0.15) is 0 Å². The molecule has 1 aromatic carbocycles. The van der Waals surface area contributed by atoms with Gasteiger partial charge in [0.15, 0.2) is 0 Å². The number of hydrogen-bond acceptors (Lipinski definition) is 4. The minimum atomic E-state index is 0.300. The minimum absolute atomic E-state index is 0.300. The summed E-state index contributed by atoms with van der Waals surface area (Å²) in [5.41, 5.74) is 2.62. The molecule has 1 aliphatic rings. The number of methoxy groups -OCH3 is 1. The maximum Gasteiger partial charge on any atom is 0.0750 e. The van der Waals surface area contributed by atoms with Gasteiger partial charge in [0, 0.05) is 39.5 Å². The molecule has 0 radical (unpaired) electrons. The predicted octanol–water partition coefficient (Wildman–Crippen LogP) is 2.04. The third-order valence-electron chi connectivity index (χ3n) is 4.00. The molecule has 0 amide bonds. The summed E-state index contributed by atoms with van der Waals surface area (Å²) in [5, 5.41) is 3.42. The number of benzene rings is 1. The van der Waals surface area contributed by atoms with E-state index in [0.717, 1.165) is 32.7 Å². The van der Waals surface area contributed by atoms with Crippen molar-refractivity contribution in [2.24, 2.45) is 0 Å². The molecule has 2 atom stereocenters. The lowest BCUT2D eigenvalue weighted by molar-refractivity contribution is 0.118. The van der Waals surface area contributed by atoms with Crippen LogP contribution in [0, 0.1) is 0 Å². The summed E-state index contributed by atoms with van der Waals surface area (Å²) < 4.78 is 10.8. The van der Waals surface area contributed by atoms with Gasteiger partial charge in [-0.05, 0) is 25.0 Å². The lowest BCUT2D eigenvalue weighted by atomic mass is 10.1. The molecular formula is C16H26N2O2. The van der Waals surface area contributed by atoms with Crippen LogP contribution in [0.4, 0.5) is 5.69 Å². The van der Waals surface area contributed by atoms with Gasteiger partial charge in [0.2, 0.25) is 0 Å². The SMILES string of the molecule is COCCNCc1ccccc1N(C)C1CCOC1C. The highest BCUT2D eigenvalue weighted by Gasteiger charge is 2.28. The number of nitrogens with one attached hydrogen (secondary N) is 1. The van der Waals surface area contributed by atoms with Crippen molar-refractivity contribution in [3.63, 3.8) is 0 Å². The zero-order valence-electron chi connectivity index (χ0n) is 12.8. The topological polar surface area (TPSA) is 33.7 Å². The molecule has 0 aliphatic carbocycles. The summed E-state index contributed by atoms with van der Waals surface area (Å²) in [6.07, 6.45) is 1.40. The van der Waals surface area contributed by atoms with Crippen molar-refractivity contribution >= 4 is 5.69 Å². The third kappa shape index (κ3) is 3.72. The summed E-state index contributed by atoms with van der Waals surface area (Å²) in [7, 11) is 3.90. The second-order valence-corrected chi connectivity index (χ2v) is 5.34. The van der Waals surface area contributed by atoms with Crippen molar-refractivity contribution in [2.45, 2.75) is 32.0 Å². The summed E-state index contributed by atoms with van der Waals surface area (Å²) in [5.74, 6) is 0. The Morgan fingerprint density at radius 1 is 1.40 bits per heavy atom. The fraction of sp³-hybridized carbons (Fsp3) is 0.625. The number of ether oxygens (including phenoxy) is 2. The third-order valence-corrected chi connectivity index (χ3v) is 4.00. The molecule has 20 heavy (non-hydrogen) atoms. The molecule has 0 spiro atoms. The zero-order valence-corrected chi connectivity index (χ0v) is 12.8. The molecule has 0 aromatic heterocycles. The molecule has 4 heteroatoms. The van der Waals surface area contributed by atoms with Gasteiger partial charge in [-0.3, -0.25) is 0 Å².